The summed E-state index contributed by atoms with van der Waals surface area (Å²) >= 11 is 0. The van der Waals surface area contributed by atoms with E-state index in [0.29, 0.717) is 16.9 Å². The minimum Gasteiger partial charge on any atom is -0.478 e. The highest BCUT2D eigenvalue weighted by molar-refractivity contribution is 7.92. The van der Waals surface area contributed by atoms with Crippen molar-refractivity contribution >= 4 is 33.3 Å². The molecule has 0 aliphatic heterocycles. The summed E-state index contributed by atoms with van der Waals surface area (Å²) < 4.78 is 27.3. The fourth-order valence-corrected chi connectivity index (χ4v) is 3.23. The normalized spacial score (nSPS) is 11.0. The Morgan fingerprint density at radius 2 is 1.68 bits per heavy atom. The number of carboxylic acid groups (broad SMARTS) is 1. The lowest BCUT2D eigenvalue weighted by atomic mass is 10.1. The van der Waals surface area contributed by atoms with E-state index in [4.69, 9.17) is 5.11 Å². The van der Waals surface area contributed by atoms with Gasteiger partial charge in [0.05, 0.1) is 10.5 Å². The van der Waals surface area contributed by atoms with Gasteiger partial charge in [-0.1, -0.05) is 6.07 Å². The quantitative estimate of drug-likeness (QED) is 0.850. The third-order valence-electron chi connectivity index (χ3n) is 3.73. The number of amides is 1. The SMILES string of the molecule is CC(=O)N(C)c1ccc(NS(=O)(=O)c2ccc(C)c(C(=O)O)c2)cc1. The largest absolute Gasteiger partial charge is 0.478 e. The van der Waals surface area contributed by atoms with Crippen molar-refractivity contribution in [1.29, 1.82) is 0 Å². The van der Waals surface area contributed by atoms with E-state index in [2.05, 4.69) is 4.72 Å². The van der Waals surface area contributed by atoms with Gasteiger partial charge in [0.1, 0.15) is 0 Å². The molecule has 7 nitrogen and oxygen atoms in total. The first-order valence-corrected chi connectivity index (χ1v) is 8.81. The second-order valence-corrected chi connectivity index (χ2v) is 7.19. The molecule has 0 saturated heterocycles. The lowest BCUT2D eigenvalue weighted by Crippen LogP contribution is -2.22. The molecule has 0 unspecified atom stereocenters. The van der Waals surface area contributed by atoms with Gasteiger partial charge >= 0.3 is 5.97 Å². The minimum absolute atomic E-state index is 0.0682. The van der Waals surface area contributed by atoms with Gasteiger partial charge in [0, 0.05) is 25.3 Å². The number of nitrogens with zero attached hydrogens (tertiary/aromatic N) is 1. The van der Waals surface area contributed by atoms with Crippen molar-refractivity contribution < 1.29 is 23.1 Å². The van der Waals surface area contributed by atoms with Crippen molar-refractivity contribution in [2.75, 3.05) is 16.7 Å². The number of aryl methyl sites for hydroxylation is 1. The van der Waals surface area contributed by atoms with Crippen LogP contribution in [0.2, 0.25) is 0 Å². The van der Waals surface area contributed by atoms with Crippen LogP contribution >= 0.6 is 0 Å². The average molecular weight is 362 g/mol. The highest BCUT2D eigenvalue weighted by atomic mass is 32.2. The highest BCUT2D eigenvalue weighted by Crippen LogP contribution is 2.22. The van der Waals surface area contributed by atoms with Gasteiger partial charge in [-0.15, -0.1) is 0 Å². The van der Waals surface area contributed by atoms with Gasteiger partial charge in [0.15, 0.2) is 0 Å². The number of benzene rings is 2. The van der Waals surface area contributed by atoms with Crippen molar-refractivity contribution in [3.8, 4) is 0 Å². The molecule has 0 bridgehead atoms. The van der Waals surface area contributed by atoms with Crippen LogP contribution in [0.1, 0.15) is 22.8 Å². The predicted octanol–water partition coefficient (Wildman–Crippen LogP) is 2.48. The summed E-state index contributed by atoms with van der Waals surface area (Å²) in [6, 6.07) is 10.2. The summed E-state index contributed by atoms with van der Waals surface area (Å²) in [4.78, 5) is 23.8. The van der Waals surface area contributed by atoms with Crippen molar-refractivity contribution in [2.45, 2.75) is 18.7 Å². The molecule has 1 amide bonds. The summed E-state index contributed by atoms with van der Waals surface area (Å²) in [5, 5.41) is 9.13. The van der Waals surface area contributed by atoms with Gasteiger partial charge in [-0.25, -0.2) is 13.2 Å². The Hall–Kier alpha value is -2.87. The number of carbonyl (C=O) groups excluding carboxylic acids is 1. The first-order valence-electron chi connectivity index (χ1n) is 7.33. The van der Waals surface area contributed by atoms with E-state index < -0.39 is 16.0 Å². The monoisotopic (exact) mass is 362 g/mol. The second kappa shape index (κ2) is 6.94. The number of carboxylic acids is 1. The molecular formula is C17H18N2O5S. The standard InChI is InChI=1S/C17H18N2O5S/c1-11-4-9-15(10-16(11)17(21)22)25(23,24)18-13-5-7-14(8-6-13)19(3)12(2)20/h4-10,18H,1-3H3,(H,21,22). The van der Waals surface area contributed by atoms with Gasteiger partial charge in [0.25, 0.3) is 10.0 Å². The maximum atomic E-state index is 12.4. The average Bonchev–Trinajstić information content (AvgIpc) is 2.54. The van der Waals surface area contributed by atoms with Gasteiger partial charge in [-0.3, -0.25) is 9.52 Å². The molecule has 8 heteroatoms. The van der Waals surface area contributed by atoms with E-state index in [1.165, 1.54) is 36.1 Å². The summed E-state index contributed by atoms with van der Waals surface area (Å²) in [5.41, 5.74) is 1.33. The van der Waals surface area contributed by atoms with E-state index in [9.17, 15) is 18.0 Å². The van der Waals surface area contributed by atoms with E-state index in [1.54, 1.807) is 26.1 Å². The molecular weight excluding hydrogens is 344 g/mol. The summed E-state index contributed by atoms with van der Waals surface area (Å²) in [7, 11) is -2.32. The van der Waals surface area contributed by atoms with Crippen molar-refractivity contribution in [3.63, 3.8) is 0 Å². The fourth-order valence-electron chi connectivity index (χ4n) is 2.15. The first kappa shape index (κ1) is 18.5. The van der Waals surface area contributed by atoms with Crippen LogP contribution < -0.4 is 9.62 Å². The number of nitrogens with one attached hydrogen (secondary N) is 1. The van der Waals surface area contributed by atoms with Crippen molar-refractivity contribution in [1.82, 2.24) is 0 Å². The summed E-state index contributed by atoms with van der Waals surface area (Å²) in [6.45, 7) is 3.02. The van der Waals surface area contributed by atoms with E-state index >= 15 is 0 Å². The Kier molecular flexibility index (Phi) is 5.13. The molecule has 0 saturated carbocycles. The number of rotatable bonds is 5. The molecule has 2 rings (SSSR count). The Bertz CT molecular complexity index is 921. The zero-order chi connectivity index (χ0) is 18.8. The number of anilines is 2. The van der Waals surface area contributed by atoms with E-state index in [0.717, 1.165) is 6.07 Å². The lowest BCUT2D eigenvalue weighted by Gasteiger charge is -2.15. The highest BCUT2D eigenvalue weighted by Gasteiger charge is 2.18. The molecule has 0 spiro atoms. The topological polar surface area (TPSA) is 104 Å². The van der Waals surface area contributed by atoms with Crippen molar-refractivity contribution in [2.24, 2.45) is 0 Å². The third-order valence-corrected chi connectivity index (χ3v) is 5.11. The Balaban J connectivity index is 2.29. The second-order valence-electron chi connectivity index (χ2n) is 5.51. The third kappa shape index (κ3) is 4.16. The molecule has 0 radical (unpaired) electrons. The fraction of sp³-hybridized carbons (Fsp3) is 0.176. The first-order chi connectivity index (χ1) is 11.6. The Labute approximate surface area is 146 Å². The molecule has 0 fully saturated rings. The van der Waals surface area contributed by atoms with Crippen LogP contribution in [0.4, 0.5) is 11.4 Å². The number of hydrogen-bond acceptors (Lipinski definition) is 4. The molecule has 2 aromatic carbocycles. The van der Waals surface area contributed by atoms with Gasteiger partial charge < -0.3 is 10.0 Å². The maximum Gasteiger partial charge on any atom is 0.335 e. The molecule has 2 aromatic rings. The molecule has 0 aliphatic carbocycles. The minimum atomic E-state index is -3.93. The van der Waals surface area contributed by atoms with Crippen molar-refractivity contribution in [3.05, 3.63) is 53.6 Å². The molecule has 25 heavy (non-hydrogen) atoms. The van der Waals surface area contributed by atoms with Crippen LogP contribution in [0.3, 0.4) is 0 Å². The molecule has 2 N–H and O–H groups in total. The number of hydrogen-bond donors (Lipinski definition) is 2. The summed E-state index contributed by atoms with van der Waals surface area (Å²) in [5.74, 6) is -1.33. The maximum absolute atomic E-state index is 12.4. The van der Waals surface area contributed by atoms with E-state index in [1.807, 2.05) is 0 Å². The zero-order valence-corrected chi connectivity index (χ0v) is 14.8. The number of sulfonamides is 1. The van der Waals surface area contributed by atoms with Gasteiger partial charge in [0.2, 0.25) is 5.91 Å². The van der Waals surface area contributed by atoms with Crippen LogP contribution in [0.15, 0.2) is 47.4 Å². The molecule has 0 heterocycles. The number of carbonyl (C=O) groups is 2. The van der Waals surface area contributed by atoms with Crippen LogP contribution in [0.5, 0.6) is 0 Å². The Morgan fingerprint density at radius 3 is 2.20 bits per heavy atom. The van der Waals surface area contributed by atoms with E-state index in [-0.39, 0.29) is 16.4 Å². The van der Waals surface area contributed by atoms with Crippen LogP contribution in [0, 0.1) is 6.92 Å². The van der Waals surface area contributed by atoms with Crippen LogP contribution in [0.25, 0.3) is 0 Å². The van der Waals surface area contributed by atoms with Crippen LogP contribution in [-0.2, 0) is 14.8 Å². The Morgan fingerprint density at radius 1 is 1.08 bits per heavy atom. The van der Waals surface area contributed by atoms with Gasteiger partial charge in [-0.2, -0.15) is 0 Å². The molecule has 132 valence electrons. The predicted molar refractivity (Wildman–Crippen MR) is 94.5 cm³/mol. The van der Waals surface area contributed by atoms with Crippen LogP contribution in [-0.4, -0.2) is 32.4 Å². The lowest BCUT2D eigenvalue weighted by molar-refractivity contribution is -0.116. The summed E-state index contributed by atoms with van der Waals surface area (Å²) in [6.07, 6.45) is 0. The number of aromatic carboxylic acids is 1. The van der Waals surface area contributed by atoms with Gasteiger partial charge in [-0.05, 0) is 48.9 Å². The smallest absolute Gasteiger partial charge is 0.335 e. The zero-order valence-electron chi connectivity index (χ0n) is 14.0. The molecule has 0 atom stereocenters. The molecule has 0 aliphatic rings. The molecule has 0 aromatic heterocycles.